The summed E-state index contributed by atoms with van der Waals surface area (Å²) in [6.07, 6.45) is 0. The zero-order valence-corrected chi connectivity index (χ0v) is 18.8. The number of hydrogen-bond acceptors (Lipinski definition) is 3. The van der Waals surface area contributed by atoms with E-state index in [1.54, 1.807) is 0 Å². The molecule has 0 unspecified atom stereocenters. The molecule has 0 bridgehead atoms. The van der Waals surface area contributed by atoms with Crippen LogP contribution in [0.2, 0.25) is 0 Å². The second-order valence-corrected chi connectivity index (χ2v) is 7.91. The molecular weight excluding hydrogens is 428 g/mol. The van der Waals surface area contributed by atoms with Crippen molar-refractivity contribution in [2.45, 2.75) is 12.5 Å². The number of benzene rings is 4. The van der Waals surface area contributed by atoms with Gasteiger partial charge in [0, 0.05) is 11.8 Å². The van der Waals surface area contributed by atoms with Gasteiger partial charge >= 0.3 is 0 Å². The molecule has 0 aliphatic heterocycles. The third-order valence-electron chi connectivity index (χ3n) is 5.10. The van der Waals surface area contributed by atoms with Crippen molar-refractivity contribution < 1.29 is 9.53 Å². The molecule has 1 amide bonds. The standard InChI is InChI=1S/C28H24N2O2S/c31-27(26(22-13-6-2-7-14-22)23-15-8-3-9-16-23)30-28(33)29-24-17-10-18-25(19-24)32-20-21-11-4-1-5-12-21/h1-19,26H,20H2,(H2,29,30,31,33). The normalized spacial score (nSPS) is 10.5. The number of amides is 1. The van der Waals surface area contributed by atoms with Crippen LogP contribution in [-0.2, 0) is 11.4 Å². The van der Waals surface area contributed by atoms with Crippen LogP contribution in [-0.4, -0.2) is 11.0 Å². The summed E-state index contributed by atoms with van der Waals surface area (Å²) in [5.41, 5.74) is 3.63. The number of rotatable bonds is 7. The third kappa shape index (κ3) is 6.28. The van der Waals surface area contributed by atoms with Crippen LogP contribution in [0.3, 0.4) is 0 Å². The first-order valence-electron chi connectivity index (χ1n) is 10.7. The number of nitrogens with one attached hydrogen (secondary N) is 2. The highest BCUT2D eigenvalue weighted by Crippen LogP contribution is 2.25. The smallest absolute Gasteiger partial charge is 0.238 e. The van der Waals surface area contributed by atoms with Crippen LogP contribution in [0.25, 0.3) is 0 Å². The molecule has 0 saturated carbocycles. The third-order valence-corrected chi connectivity index (χ3v) is 5.31. The van der Waals surface area contributed by atoms with E-state index in [4.69, 9.17) is 17.0 Å². The Labute approximate surface area is 199 Å². The number of anilines is 1. The van der Waals surface area contributed by atoms with Gasteiger partial charge in [-0.3, -0.25) is 4.79 Å². The Kier molecular flexibility index (Phi) is 7.46. The highest BCUT2D eigenvalue weighted by Gasteiger charge is 2.23. The van der Waals surface area contributed by atoms with Crippen LogP contribution >= 0.6 is 12.2 Å². The largest absolute Gasteiger partial charge is 0.489 e. The van der Waals surface area contributed by atoms with E-state index in [1.807, 2.05) is 115 Å². The average molecular weight is 453 g/mol. The summed E-state index contributed by atoms with van der Waals surface area (Å²) in [5.74, 6) is 0.0542. The quantitative estimate of drug-likeness (QED) is 0.342. The monoisotopic (exact) mass is 452 g/mol. The molecule has 5 heteroatoms. The average Bonchev–Trinajstić information content (AvgIpc) is 2.85. The fraction of sp³-hybridized carbons (Fsp3) is 0.0714. The minimum Gasteiger partial charge on any atom is -0.489 e. The zero-order chi connectivity index (χ0) is 22.9. The van der Waals surface area contributed by atoms with Crippen molar-refractivity contribution in [3.8, 4) is 5.75 Å². The van der Waals surface area contributed by atoms with Gasteiger partial charge in [-0.15, -0.1) is 0 Å². The molecule has 2 N–H and O–H groups in total. The lowest BCUT2D eigenvalue weighted by Gasteiger charge is -2.19. The van der Waals surface area contributed by atoms with Gasteiger partial charge in [0.2, 0.25) is 5.91 Å². The molecule has 0 atom stereocenters. The highest BCUT2D eigenvalue weighted by molar-refractivity contribution is 7.80. The van der Waals surface area contributed by atoms with E-state index < -0.39 is 5.92 Å². The van der Waals surface area contributed by atoms with Crippen LogP contribution < -0.4 is 15.4 Å². The van der Waals surface area contributed by atoms with Crippen molar-refractivity contribution in [1.29, 1.82) is 0 Å². The topological polar surface area (TPSA) is 50.4 Å². The van der Waals surface area contributed by atoms with Crippen LogP contribution in [0.15, 0.2) is 115 Å². The molecule has 33 heavy (non-hydrogen) atoms. The lowest BCUT2D eigenvalue weighted by Crippen LogP contribution is -2.37. The maximum Gasteiger partial charge on any atom is 0.238 e. The van der Waals surface area contributed by atoms with E-state index in [1.165, 1.54) is 0 Å². The van der Waals surface area contributed by atoms with Gasteiger partial charge in [-0.25, -0.2) is 0 Å². The minimum absolute atomic E-state index is 0.193. The molecule has 4 nitrogen and oxygen atoms in total. The molecule has 0 aliphatic carbocycles. The second-order valence-electron chi connectivity index (χ2n) is 7.50. The summed E-state index contributed by atoms with van der Waals surface area (Å²) in [6, 6.07) is 36.8. The van der Waals surface area contributed by atoms with E-state index in [-0.39, 0.29) is 11.0 Å². The van der Waals surface area contributed by atoms with Gasteiger partial charge in [0.1, 0.15) is 12.4 Å². The molecule has 0 radical (unpaired) electrons. The lowest BCUT2D eigenvalue weighted by molar-refractivity contribution is -0.120. The molecule has 4 aromatic carbocycles. The summed E-state index contributed by atoms with van der Waals surface area (Å²) in [5, 5.41) is 6.17. The van der Waals surface area contributed by atoms with E-state index in [2.05, 4.69) is 10.6 Å². The Hall–Kier alpha value is -3.96. The number of thiocarbonyl (C=S) groups is 1. The summed E-state index contributed by atoms with van der Waals surface area (Å²) in [7, 11) is 0. The van der Waals surface area contributed by atoms with Gasteiger partial charge in [-0.2, -0.15) is 0 Å². The van der Waals surface area contributed by atoms with Gasteiger partial charge in [-0.1, -0.05) is 97.1 Å². The summed E-state index contributed by atoms with van der Waals surface area (Å²) >= 11 is 5.43. The fourth-order valence-electron chi connectivity index (χ4n) is 3.54. The molecule has 0 aliphatic rings. The van der Waals surface area contributed by atoms with Crippen LogP contribution in [0, 0.1) is 0 Å². The minimum atomic E-state index is -0.465. The first kappa shape index (κ1) is 22.2. The Balaban J connectivity index is 1.41. The number of carbonyl (C=O) groups is 1. The van der Waals surface area contributed by atoms with Gasteiger partial charge in [0.15, 0.2) is 5.11 Å². The van der Waals surface area contributed by atoms with Gasteiger partial charge in [0.25, 0.3) is 0 Å². The van der Waals surface area contributed by atoms with Crippen molar-refractivity contribution >= 4 is 28.9 Å². The Bertz CT molecular complexity index is 1160. The SMILES string of the molecule is O=C(NC(=S)Nc1cccc(OCc2ccccc2)c1)C(c1ccccc1)c1ccccc1. The van der Waals surface area contributed by atoms with Crippen molar-refractivity contribution in [1.82, 2.24) is 5.32 Å². The molecule has 0 heterocycles. The van der Waals surface area contributed by atoms with Crippen molar-refractivity contribution in [3.63, 3.8) is 0 Å². The molecule has 0 fully saturated rings. The highest BCUT2D eigenvalue weighted by atomic mass is 32.1. The number of carbonyl (C=O) groups excluding carboxylic acids is 1. The molecule has 164 valence electrons. The number of hydrogen-bond donors (Lipinski definition) is 2. The predicted octanol–water partition coefficient (Wildman–Crippen LogP) is 5.91. The van der Waals surface area contributed by atoms with Crippen LogP contribution in [0.5, 0.6) is 5.75 Å². The molecule has 4 rings (SSSR count). The summed E-state index contributed by atoms with van der Waals surface area (Å²) in [4.78, 5) is 13.2. The van der Waals surface area contributed by atoms with Crippen molar-refractivity contribution in [3.05, 3.63) is 132 Å². The fourth-order valence-corrected chi connectivity index (χ4v) is 3.76. The van der Waals surface area contributed by atoms with E-state index >= 15 is 0 Å². The number of ether oxygens (including phenoxy) is 1. The molecular formula is C28H24N2O2S. The zero-order valence-electron chi connectivity index (χ0n) is 18.0. The second kappa shape index (κ2) is 11.1. The predicted molar refractivity (Wildman–Crippen MR) is 136 cm³/mol. The maximum atomic E-state index is 13.2. The summed E-state index contributed by atoms with van der Waals surface area (Å²) in [6.45, 7) is 0.474. The van der Waals surface area contributed by atoms with Crippen LogP contribution in [0.4, 0.5) is 5.69 Å². The van der Waals surface area contributed by atoms with Gasteiger partial charge < -0.3 is 15.4 Å². The Morgan fingerprint density at radius 3 is 1.94 bits per heavy atom. The first-order valence-corrected chi connectivity index (χ1v) is 11.1. The van der Waals surface area contributed by atoms with E-state index in [0.29, 0.717) is 12.4 Å². The van der Waals surface area contributed by atoms with E-state index in [0.717, 1.165) is 22.4 Å². The van der Waals surface area contributed by atoms with Gasteiger partial charge in [-0.05, 0) is 41.0 Å². The van der Waals surface area contributed by atoms with E-state index in [9.17, 15) is 4.79 Å². The Morgan fingerprint density at radius 1 is 0.758 bits per heavy atom. The molecule has 0 aromatic heterocycles. The molecule has 0 saturated heterocycles. The lowest BCUT2D eigenvalue weighted by atomic mass is 9.90. The van der Waals surface area contributed by atoms with Crippen LogP contribution in [0.1, 0.15) is 22.6 Å². The molecule has 0 spiro atoms. The maximum absolute atomic E-state index is 13.2. The Morgan fingerprint density at radius 2 is 1.33 bits per heavy atom. The van der Waals surface area contributed by atoms with Crippen molar-refractivity contribution in [2.24, 2.45) is 0 Å². The summed E-state index contributed by atoms with van der Waals surface area (Å²) < 4.78 is 5.88. The first-order chi connectivity index (χ1) is 16.2. The van der Waals surface area contributed by atoms with Gasteiger partial charge in [0.05, 0.1) is 5.92 Å². The molecule has 4 aromatic rings. The van der Waals surface area contributed by atoms with Crippen molar-refractivity contribution in [2.75, 3.05) is 5.32 Å².